The summed E-state index contributed by atoms with van der Waals surface area (Å²) in [6.45, 7) is 7.69. The first-order valence-electron chi connectivity index (χ1n) is 4.02. The first kappa shape index (κ1) is 9.70. The molecule has 1 nitrogen and oxygen atoms in total. The summed E-state index contributed by atoms with van der Waals surface area (Å²) in [7, 11) is 1.99. The lowest BCUT2D eigenvalue weighted by Crippen LogP contribution is -2.10. The molecule has 60 valence electrons. The van der Waals surface area contributed by atoms with E-state index in [1.807, 2.05) is 7.05 Å². The van der Waals surface area contributed by atoms with E-state index in [1.54, 1.807) is 5.57 Å². The highest BCUT2D eigenvalue weighted by Crippen LogP contribution is 2.11. The monoisotopic (exact) mass is 141 g/mol. The third-order valence-corrected chi connectivity index (χ3v) is 1.78. The summed E-state index contributed by atoms with van der Waals surface area (Å²) in [6, 6.07) is 0. The van der Waals surface area contributed by atoms with Crippen molar-refractivity contribution in [2.75, 3.05) is 13.6 Å². The van der Waals surface area contributed by atoms with Gasteiger partial charge in [-0.25, -0.2) is 0 Å². The lowest BCUT2D eigenvalue weighted by Gasteiger charge is -2.09. The fourth-order valence-electron chi connectivity index (χ4n) is 1.04. The molecule has 0 atom stereocenters. The molecule has 0 bridgehead atoms. The Morgan fingerprint density at radius 2 is 2.10 bits per heavy atom. The normalized spacial score (nSPS) is 12.7. The van der Waals surface area contributed by atoms with Crippen molar-refractivity contribution in [2.24, 2.45) is 5.92 Å². The van der Waals surface area contributed by atoms with Crippen LogP contribution in [0.15, 0.2) is 11.6 Å². The topological polar surface area (TPSA) is 12.0 Å². The van der Waals surface area contributed by atoms with Crippen LogP contribution in [-0.2, 0) is 0 Å². The standard InChI is InChI=1S/C9H19N/c1-5-9(8(2)3)6-7-10-4/h5,8,10H,6-7H2,1-4H3/b9-5+. The van der Waals surface area contributed by atoms with Crippen molar-refractivity contribution in [2.45, 2.75) is 27.2 Å². The van der Waals surface area contributed by atoms with Crippen molar-refractivity contribution < 1.29 is 0 Å². The Balaban J connectivity index is 3.63. The Bertz CT molecular complexity index is 103. The van der Waals surface area contributed by atoms with Crippen LogP contribution in [0.1, 0.15) is 27.2 Å². The van der Waals surface area contributed by atoms with Gasteiger partial charge in [0.1, 0.15) is 0 Å². The zero-order valence-electron chi connectivity index (χ0n) is 7.57. The highest BCUT2D eigenvalue weighted by atomic mass is 14.8. The minimum Gasteiger partial charge on any atom is -0.319 e. The number of nitrogens with one attached hydrogen (secondary N) is 1. The Kier molecular flexibility index (Phi) is 5.32. The van der Waals surface area contributed by atoms with Gasteiger partial charge in [-0.3, -0.25) is 0 Å². The Morgan fingerprint density at radius 3 is 2.40 bits per heavy atom. The summed E-state index contributed by atoms with van der Waals surface area (Å²) >= 11 is 0. The van der Waals surface area contributed by atoms with E-state index in [0.29, 0.717) is 5.92 Å². The lowest BCUT2D eigenvalue weighted by molar-refractivity contribution is 0.678. The second kappa shape index (κ2) is 5.48. The minimum absolute atomic E-state index is 0.707. The Hall–Kier alpha value is -0.300. The van der Waals surface area contributed by atoms with Crippen LogP contribution in [0.4, 0.5) is 0 Å². The van der Waals surface area contributed by atoms with Gasteiger partial charge in [-0.1, -0.05) is 25.5 Å². The molecular weight excluding hydrogens is 122 g/mol. The van der Waals surface area contributed by atoms with Crippen LogP contribution in [0.2, 0.25) is 0 Å². The van der Waals surface area contributed by atoms with Crippen LogP contribution in [0.5, 0.6) is 0 Å². The first-order chi connectivity index (χ1) is 4.72. The van der Waals surface area contributed by atoms with E-state index in [-0.39, 0.29) is 0 Å². The van der Waals surface area contributed by atoms with Gasteiger partial charge in [-0.2, -0.15) is 0 Å². The average molecular weight is 141 g/mol. The van der Waals surface area contributed by atoms with Crippen molar-refractivity contribution in [1.29, 1.82) is 0 Å². The molecule has 0 heterocycles. The maximum absolute atomic E-state index is 3.15. The maximum Gasteiger partial charge on any atom is -0.00145 e. The highest BCUT2D eigenvalue weighted by Gasteiger charge is 1.99. The van der Waals surface area contributed by atoms with E-state index in [2.05, 4.69) is 32.2 Å². The van der Waals surface area contributed by atoms with Crippen LogP contribution >= 0.6 is 0 Å². The Morgan fingerprint density at radius 1 is 1.50 bits per heavy atom. The average Bonchev–Trinajstić information content (AvgIpc) is 1.89. The largest absolute Gasteiger partial charge is 0.319 e. The number of hydrogen-bond donors (Lipinski definition) is 1. The third kappa shape index (κ3) is 3.67. The van der Waals surface area contributed by atoms with Gasteiger partial charge in [-0.05, 0) is 32.9 Å². The molecule has 10 heavy (non-hydrogen) atoms. The fraction of sp³-hybridized carbons (Fsp3) is 0.778. The number of hydrogen-bond acceptors (Lipinski definition) is 1. The molecule has 1 heteroatoms. The van der Waals surface area contributed by atoms with Gasteiger partial charge in [0.05, 0.1) is 0 Å². The van der Waals surface area contributed by atoms with Gasteiger partial charge in [0.15, 0.2) is 0 Å². The van der Waals surface area contributed by atoms with Crippen LogP contribution in [-0.4, -0.2) is 13.6 Å². The summed E-state index contributed by atoms with van der Waals surface area (Å²) < 4.78 is 0. The van der Waals surface area contributed by atoms with E-state index in [4.69, 9.17) is 0 Å². The second-order valence-electron chi connectivity index (χ2n) is 2.87. The van der Waals surface area contributed by atoms with E-state index < -0.39 is 0 Å². The quantitative estimate of drug-likeness (QED) is 0.592. The van der Waals surface area contributed by atoms with Gasteiger partial charge in [-0.15, -0.1) is 0 Å². The van der Waals surface area contributed by atoms with Crippen LogP contribution in [0.25, 0.3) is 0 Å². The summed E-state index contributed by atoms with van der Waals surface area (Å²) in [6.07, 6.45) is 3.41. The molecule has 0 amide bonds. The predicted octanol–water partition coefficient (Wildman–Crippen LogP) is 2.20. The van der Waals surface area contributed by atoms with Crippen molar-refractivity contribution in [3.8, 4) is 0 Å². The SMILES string of the molecule is C/C=C(\CCNC)C(C)C. The zero-order valence-corrected chi connectivity index (χ0v) is 7.57. The molecule has 0 aliphatic carbocycles. The molecule has 0 rings (SSSR count). The molecule has 0 spiro atoms. The summed E-state index contributed by atoms with van der Waals surface area (Å²) in [4.78, 5) is 0. The van der Waals surface area contributed by atoms with Crippen molar-refractivity contribution in [3.63, 3.8) is 0 Å². The maximum atomic E-state index is 3.15. The molecule has 0 saturated carbocycles. The zero-order chi connectivity index (χ0) is 7.98. The lowest BCUT2D eigenvalue weighted by atomic mass is 10.0. The summed E-state index contributed by atoms with van der Waals surface area (Å²) in [5, 5.41) is 3.15. The van der Waals surface area contributed by atoms with Gasteiger partial charge in [0.25, 0.3) is 0 Å². The van der Waals surface area contributed by atoms with E-state index in [1.165, 1.54) is 6.42 Å². The Labute approximate surface area is 64.5 Å². The number of allylic oxidation sites excluding steroid dienone is 1. The van der Waals surface area contributed by atoms with Crippen molar-refractivity contribution in [1.82, 2.24) is 5.32 Å². The molecule has 0 aliphatic heterocycles. The first-order valence-corrected chi connectivity index (χ1v) is 4.02. The molecular formula is C9H19N. The predicted molar refractivity (Wildman–Crippen MR) is 47.1 cm³/mol. The summed E-state index contributed by atoms with van der Waals surface area (Å²) in [5.74, 6) is 0.707. The van der Waals surface area contributed by atoms with E-state index in [0.717, 1.165) is 6.54 Å². The van der Waals surface area contributed by atoms with Gasteiger partial charge in [0, 0.05) is 0 Å². The molecule has 0 aromatic heterocycles. The van der Waals surface area contributed by atoms with Crippen molar-refractivity contribution in [3.05, 3.63) is 11.6 Å². The molecule has 0 aromatic carbocycles. The fourth-order valence-corrected chi connectivity index (χ4v) is 1.04. The van der Waals surface area contributed by atoms with Gasteiger partial charge < -0.3 is 5.32 Å². The van der Waals surface area contributed by atoms with Crippen LogP contribution < -0.4 is 5.32 Å². The molecule has 0 fully saturated rings. The number of rotatable bonds is 4. The third-order valence-electron chi connectivity index (χ3n) is 1.78. The molecule has 0 saturated heterocycles. The molecule has 0 unspecified atom stereocenters. The molecule has 1 N–H and O–H groups in total. The van der Waals surface area contributed by atoms with Gasteiger partial charge >= 0.3 is 0 Å². The summed E-state index contributed by atoms with van der Waals surface area (Å²) in [5.41, 5.74) is 1.55. The smallest absolute Gasteiger partial charge is 0.00145 e. The van der Waals surface area contributed by atoms with Gasteiger partial charge in [0.2, 0.25) is 0 Å². The molecule has 0 aliphatic rings. The second-order valence-corrected chi connectivity index (χ2v) is 2.87. The van der Waals surface area contributed by atoms with Crippen molar-refractivity contribution >= 4 is 0 Å². The molecule has 0 radical (unpaired) electrons. The minimum atomic E-state index is 0.707. The highest BCUT2D eigenvalue weighted by molar-refractivity contribution is 5.03. The van der Waals surface area contributed by atoms with E-state index >= 15 is 0 Å². The van der Waals surface area contributed by atoms with Crippen LogP contribution in [0, 0.1) is 5.92 Å². The van der Waals surface area contributed by atoms with E-state index in [9.17, 15) is 0 Å². The van der Waals surface area contributed by atoms with Crippen LogP contribution in [0.3, 0.4) is 0 Å². The molecule has 0 aromatic rings.